The molecule has 0 radical (unpaired) electrons. The van der Waals surface area contributed by atoms with Gasteiger partial charge in [-0.2, -0.15) is 13.2 Å². The molecule has 0 aromatic heterocycles. The van der Waals surface area contributed by atoms with Crippen molar-refractivity contribution in [1.29, 1.82) is 0 Å². The van der Waals surface area contributed by atoms with E-state index in [0.29, 0.717) is 0 Å². The molecule has 0 atom stereocenters. The third kappa shape index (κ3) is 1.64. The third-order valence-electron chi connectivity index (χ3n) is 3.18. The second-order valence-electron chi connectivity index (χ2n) is 4.53. The highest BCUT2D eigenvalue weighted by molar-refractivity contribution is 6.41. The van der Waals surface area contributed by atoms with Crippen molar-refractivity contribution in [2.75, 3.05) is 0 Å². The summed E-state index contributed by atoms with van der Waals surface area (Å²) in [4.78, 5) is 10.4. The molecule has 1 aliphatic carbocycles. The van der Waals surface area contributed by atoms with E-state index in [4.69, 9.17) is 5.11 Å². The predicted molar refractivity (Wildman–Crippen MR) is 49.8 cm³/mol. The first-order chi connectivity index (χ1) is 6.12. The summed E-state index contributed by atoms with van der Waals surface area (Å²) in [6.45, 7) is 0. The number of alkyl halides is 3. The highest BCUT2D eigenvalue weighted by atomic mass is 19.4. The summed E-state index contributed by atoms with van der Waals surface area (Å²) in [5, 5.41) is 7.33. The fourth-order valence-electron chi connectivity index (χ4n) is 2.02. The fraction of sp³-hybridized carbons (Fsp3) is 0.857. The first-order valence-corrected chi connectivity index (χ1v) is 4.41. The number of hydrogen-bond acceptors (Lipinski definition) is 1. The van der Waals surface area contributed by atoms with Crippen LogP contribution in [0.5, 0.6) is 0 Å². The van der Waals surface area contributed by atoms with Crippen LogP contribution in [0.15, 0.2) is 0 Å². The maximum absolute atomic E-state index is 12.6. The average molecular weight is 206 g/mol. The third-order valence-corrected chi connectivity index (χ3v) is 3.18. The molecule has 0 spiro atoms. The minimum Gasteiger partial charge on any atom is -0.481 e. The Hall–Kier alpha value is -0.610. The molecule has 78 valence electrons. The van der Waals surface area contributed by atoms with Gasteiger partial charge in [-0.3, -0.25) is 4.79 Å². The van der Waals surface area contributed by atoms with Gasteiger partial charge in [-0.15, -0.1) is 0 Å². The van der Waals surface area contributed by atoms with Crippen molar-refractivity contribution in [3.05, 3.63) is 0 Å². The van der Waals surface area contributed by atoms with Gasteiger partial charge in [0, 0.05) is 6.42 Å². The van der Waals surface area contributed by atoms with Crippen LogP contribution in [-0.2, 0) is 4.79 Å². The van der Waals surface area contributed by atoms with Crippen molar-refractivity contribution in [1.82, 2.24) is 0 Å². The normalized spacial score (nSPS) is 20.5. The maximum atomic E-state index is 12.6. The van der Waals surface area contributed by atoms with Gasteiger partial charge < -0.3 is 5.11 Å². The van der Waals surface area contributed by atoms with Crippen LogP contribution < -0.4 is 0 Å². The Balaban J connectivity index is 2.87. The summed E-state index contributed by atoms with van der Waals surface area (Å²) in [6, 6.07) is 0. The Labute approximate surface area is 81.7 Å². The topological polar surface area (TPSA) is 37.3 Å². The van der Waals surface area contributed by atoms with E-state index in [-0.39, 0.29) is 12.8 Å². The molecule has 1 fully saturated rings. The monoisotopic (exact) mass is 206 g/mol. The summed E-state index contributed by atoms with van der Waals surface area (Å²) < 4.78 is 37.9. The van der Waals surface area contributed by atoms with Crippen molar-refractivity contribution in [3.8, 4) is 0 Å². The molecule has 7 heteroatoms. The molecule has 0 aromatic rings. The van der Waals surface area contributed by atoms with Gasteiger partial charge in [0.25, 0.3) is 0 Å². The molecule has 0 bridgehead atoms. The van der Waals surface area contributed by atoms with Gasteiger partial charge >= 0.3 is 12.1 Å². The maximum Gasteiger partial charge on any atom is 0.393 e. The first-order valence-electron chi connectivity index (χ1n) is 4.41. The number of aliphatic carboxylic acids is 1. The predicted octanol–water partition coefficient (Wildman–Crippen LogP) is 0.186. The Morgan fingerprint density at radius 3 is 2.00 bits per heavy atom. The lowest BCUT2D eigenvalue weighted by atomic mass is 9.44. The van der Waals surface area contributed by atoms with Crippen LogP contribution in [0.4, 0.5) is 13.2 Å². The first kappa shape index (κ1) is 11.5. The highest BCUT2D eigenvalue weighted by Gasteiger charge is 2.69. The SMILES string of the molecule is BC(B)(CC(=O)O)C1(C(F)(F)F)CC1. The minimum atomic E-state index is -4.29. The smallest absolute Gasteiger partial charge is 0.393 e. The lowest BCUT2D eigenvalue weighted by molar-refractivity contribution is -0.193. The Kier molecular flexibility index (Phi) is 2.41. The molecule has 1 saturated carbocycles. The number of halogens is 3. The minimum absolute atomic E-state index is 0.0524. The van der Waals surface area contributed by atoms with Gasteiger partial charge in [0.1, 0.15) is 15.7 Å². The number of carboxylic acids is 1. The molecule has 0 saturated heterocycles. The lowest BCUT2D eigenvalue weighted by Crippen LogP contribution is -2.39. The summed E-state index contributed by atoms with van der Waals surface area (Å²) in [5.41, 5.74) is -1.77. The van der Waals surface area contributed by atoms with Gasteiger partial charge in [0.2, 0.25) is 0 Å². The molecule has 1 rings (SSSR count). The van der Waals surface area contributed by atoms with Crippen molar-refractivity contribution in [2.24, 2.45) is 5.41 Å². The van der Waals surface area contributed by atoms with E-state index in [1.54, 1.807) is 0 Å². The van der Waals surface area contributed by atoms with E-state index in [1.807, 2.05) is 0 Å². The second kappa shape index (κ2) is 2.94. The van der Waals surface area contributed by atoms with E-state index in [0.717, 1.165) is 0 Å². The molecule has 14 heavy (non-hydrogen) atoms. The lowest BCUT2D eigenvalue weighted by Gasteiger charge is -2.35. The molecule has 0 unspecified atom stereocenters. The van der Waals surface area contributed by atoms with Crippen molar-refractivity contribution >= 4 is 21.7 Å². The number of carbonyl (C=O) groups is 1. The number of carboxylic acid groups (broad SMARTS) is 1. The van der Waals surface area contributed by atoms with Crippen molar-refractivity contribution in [2.45, 2.75) is 30.7 Å². The summed E-state index contributed by atoms with van der Waals surface area (Å²) in [6.07, 6.45) is -4.62. The molecule has 0 heterocycles. The summed E-state index contributed by atoms with van der Waals surface area (Å²) in [7, 11) is 2.75. The van der Waals surface area contributed by atoms with Gasteiger partial charge in [-0.25, -0.2) is 0 Å². The van der Waals surface area contributed by atoms with Crippen LogP contribution in [-0.4, -0.2) is 32.9 Å². The summed E-state index contributed by atoms with van der Waals surface area (Å²) >= 11 is 0. The van der Waals surface area contributed by atoms with Crippen LogP contribution >= 0.6 is 0 Å². The second-order valence-corrected chi connectivity index (χ2v) is 4.53. The molecule has 0 amide bonds. The van der Waals surface area contributed by atoms with E-state index in [9.17, 15) is 18.0 Å². The van der Waals surface area contributed by atoms with Crippen LogP contribution in [0.1, 0.15) is 19.3 Å². The zero-order valence-electron chi connectivity index (χ0n) is 8.11. The zero-order valence-corrected chi connectivity index (χ0v) is 8.11. The van der Waals surface area contributed by atoms with E-state index in [1.165, 1.54) is 15.7 Å². The zero-order chi connectivity index (χ0) is 11.2. The molecule has 1 N–H and O–H groups in total. The van der Waals surface area contributed by atoms with Crippen molar-refractivity contribution in [3.63, 3.8) is 0 Å². The quantitative estimate of drug-likeness (QED) is 0.668. The van der Waals surface area contributed by atoms with Gasteiger partial charge in [-0.1, -0.05) is 5.21 Å². The van der Waals surface area contributed by atoms with Crippen molar-refractivity contribution < 1.29 is 23.1 Å². The highest BCUT2D eigenvalue weighted by Crippen LogP contribution is 2.69. The Morgan fingerprint density at radius 2 is 1.79 bits per heavy atom. The summed E-state index contributed by atoms with van der Waals surface area (Å²) in [5.74, 6) is -1.18. The van der Waals surface area contributed by atoms with Crippen LogP contribution in [0, 0.1) is 5.41 Å². The van der Waals surface area contributed by atoms with E-state index in [2.05, 4.69) is 0 Å². The Morgan fingerprint density at radius 1 is 1.36 bits per heavy atom. The van der Waals surface area contributed by atoms with Gasteiger partial charge in [0.15, 0.2) is 0 Å². The molecule has 1 aliphatic rings. The standard InChI is InChI=1S/C7H11B2F3O2/c8-6(9,3-4(13)14)5(1-2-5)7(10,11)12/h1-3,8-9H2,(H,13,14). The van der Waals surface area contributed by atoms with Crippen LogP contribution in [0.3, 0.4) is 0 Å². The van der Waals surface area contributed by atoms with Gasteiger partial charge in [0.05, 0.1) is 5.41 Å². The van der Waals surface area contributed by atoms with E-state index < -0.39 is 29.2 Å². The molecule has 2 nitrogen and oxygen atoms in total. The van der Waals surface area contributed by atoms with Crippen LogP contribution in [0.2, 0.25) is 5.21 Å². The molecular weight excluding hydrogens is 195 g/mol. The Bertz CT molecular complexity index is 258. The fourth-order valence-corrected chi connectivity index (χ4v) is 2.02. The van der Waals surface area contributed by atoms with Gasteiger partial charge in [-0.05, 0) is 12.8 Å². The largest absolute Gasteiger partial charge is 0.481 e. The molecule has 0 aliphatic heterocycles. The number of rotatable bonds is 3. The number of hydrogen-bond donors (Lipinski definition) is 1. The molecular formula is C7H11B2F3O2. The average Bonchev–Trinajstić information content (AvgIpc) is 2.56. The van der Waals surface area contributed by atoms with Crippen LogP contribution in [0.25, 0.3) is 0 Å². The molecule has 0 aromatic carbocycles. The van der Waals surface area contributed by atoms with E-state index >= 15 is 0 Å².